The van der Waals surface area contributed by atoms with E-state index in [2.05, 4.69) is 25.4 Å². The standard InChI is InChI=1S/C17H22N6O2/c1-4-25-15-12-5-6-18-14(12)21-16(22-15)20-13-9-19-23(10(13)2)11-7-17(3,24)8-11/h5-6,9,11,24H,4,7-8H2,1-3H3,(H2,18,20,21,22). The molecule has 1 fully saturated rings. The molecule has 0 atom stereocenters. The van der Waals surface area contributed by atoms with E-state index in [0.29, 0.717) is 31.3 Å². The van der Waals surface area contributed by atoms with Gasteiger partial charge in [-0.2, -0.15) is 15.1 Å². The third-order valence-electron chi connectivity index (χ3n) is 4.65. The predicted molar refractivity (Wildman–Crippen MR) is 94.2 cm³/mol. The van der Waals surface area contributed by atoms with Gasteiger partial charge in [0.2, 0.25) is 11.8 Å². The molecular formula is C17H22N6O2. The van der Waals surface area contributed by atoms with Crippen molar-refractivity contribution in [1.82, 2.24) is 24.7 Å². The minimum absolute atomic E-state index is 0.233. The van der Waals surface area contributed by atoms with Crippen molar-refractivity contribution in [2.24, 2.45) is 0 Å². The lowest BCUT2D eigenvalue weighted by molar-refractivity contribution is -0.0548. The summed E-state index contributed by atoms with van der Waals surface area (Å²) < 4.78 is 7.57. The van der Waals surface area contributed by atoms with Gasteiger partial charge in [0.1, 0.15) is 5.65 Å². The van der Waals surface area contributed by atoms with E-state index in [1.807, 2.05) is 37.7 Å². The van der Waals surface area contributed by atoms with Crippen LogP contribution in [-0.2, 0) is 0 Å². The molecule has 1 aliphatic carbocycles. The number of rotatable bonds is 5. The van der Waals surface area contributed by atoms with E-state index >= 15 is 0 Å². The average molecular weight is 342 g/mol. The molecule has 0 radical (unpaired) electrons. The Kier molecular flexibility index (Phi) is 3.64. The number of hydrogen-bond donors (Lipinski definition) is 3. The van der Waals surface area contributed by atoms with Gasteiger partial charge in [-0.15, -0.1) is 0 Å². The Hall–Kier alpha value is -2.61. The number of ether oxygens (including phenoxy) is 1. The Labute approximate surface area is 145 Å². The zero-order valence-corrected chi connectivity index (χ0v) is 14.6. The van der Waals surface area contributed by atoms with Gasteiger partial charge in [0.25, 0.3) is 0 Å². The van der Waals surface area contributed by atoms with Crippen molar-refractivity contribution in [3.63, 3.8) is 0 Å². The van der Waals surface area contributed by atoms with Crippen LogP contribution in [0.1, 0.15) is 38.4 Å². The number of nitrogens with zero attached hydrogens (tertiary/aromatic N) is 4. The van der Waals surface area contributed by atoms with Crippen molar-refractivity contribution >= 4 is 22.7 Å². The van der Waals surface area contributed by atoms with Gasteiger partial charge in [-0.3, -0.25) is 4.68 Å². The number of H-pyrrole nitrogens is 1. The summed E-state index contributed by atoms with van der Waals surface area (Å²) in [6.07, 6.45) is 5.02. The molecule has 0 saturated heterocycles. The van der Waals surface area contributed by atoms with Crippen molar-refractivity contribution in [3.05, 3.63) is 24.2 Å². The van der Waals surface area contributed by atoms with Crippen molar-refractivity contribution in [2.45, 2.75) is 45.3 Å². The molecule has 8 heteroatoms. The van der Waals surface area contributed by atoms with E-state index in [-0.39, 0.29) is 6.04 Å². The number of aromatic nitrogens is 5. The van der Waals surface area contributed by atoms with E-state index < -0.39 is 5.60 Å². The summed E-state index contributed by atoms with van der Waals surface area (Å²) in [6, 6.07) is 2.13. The van der Waals surface area contributed by atoms with Crippen molar-refractivity contribution in [2.75, 3.05) is 11.9 Å². The fourth-order valence-corrected chi connectivity index (χ4v) is 3.38. The van der Waals surface area contributed by atoms with Crippen LogP contribution in [0, 0.1) is 6.92 Å². The smallest absolute Gasteiger partial charge is 0.232 e. The first-order valence-electron chi connectivity index (χ1n) is 8.48. The van der Waals surface area contributed by atoms with Gasteiger partial charge in [0, 0.05) is 6.20 Å². The van der Waals surface area contributed by atoms with Crippen molar-refractivity contribution in [3.8, 4) is 5.88 Å². The highest BCUT2D eigenvalue weighted by atomic mass is 16.5. The van der Waals surface area contributed by atoms with Gasteiger partial charge in [-0.25, -0.2) is 0 Å². The molecule has 0 amide bonds. The summed E-state index contributed by atoms with van der Waals surface area (Å²) in [5.41, 5.74) is 1.99. The topological polar surface area (TPSA) is 101 Å². The maximum atomic E-state index is 9.94. The zero-order chi connectivity index (χ0) is 17.6. The molecule has 0 bridgehead atoms. The second-order valence-electron chi connectivity index (χ2n) is 6.80. The molecule has 25 heavy (non-hydrogen) atoms. The molecule has 0 aliphatic heterocycles. The first kappa shape index (κ1) is 15.9. The molecule has 0 aromatic carbocycles. The Morgan fingerprint density at radius 2 is 2.24 bits per heavy atom. The van der Waals surface area contributed by atoms with Crippen LogP contribution in [0.3, 0.4) is 0 Å². The Bertz CT molecular complexity index is 905. The number of hydrogen-bond acceptors (Lipinski definition) is 6. The molecule has 4 rings (SSSR count). The minimum atomic E-state index is -0.579. The number of fused-ring (bicyclic) bond motifs is 1. The zero-order valence-electron chi connectivity index (χ0n) is 14.6. The summed E-state index contributed by atoms with van der Waals surface area (Å²) in [7, 11) is 0. The monoisotopic (exact) mass is 342 g/mol. The fraction of sp³-hybridized carbons (Fsp3) is 0.471. The molecule has 3 aromatic heterocycles. The van der Waals surface area contributed by atoms with Gasteiger partial charge >= 0.3 is 0 Å². The maximum absolute atomic E-state index is 9.94. The minimum Gasteiger partial charge on any atom is -0.477 e. The molecule has 3 aromatic rings. The van der Waals surface area contributed by atoms with Crippen molar-refractivity contribution < 1.29 is 9.84 Å². The van der Waals surface area contributed by atoms with Crippen LogP contribution in [0.25, 0.3) is 11.0 Å². The normalized spacial score (nSPS) is 22.8. The Morgan fingerprint density at radius 3 is 2.96 bits per heavy atom. The summed E-state index contributed by atoms with van der Waals surface area (Å²) in [4.78, 5) is 12.1. The van der Waals surface area contributed by atoms with Crippen molar-refractivity contribution in [1.29, 1.82) is 0 Å². The molecular weight excluding hydrogens is 320 g/mol. The quantitative estimate of drug-likeness (QED) is 0.659. The lowest BCUT2D eigenvalue weighted by atomic mass is 9.77. The number of aromatic amines is 1. The van der Waals surface area contributed by atoms with Crippen LogP contribution < -0.4 is 10.1 Å². The van der Waals surface area contributed by atoms with Gasteiger partial charge in [-0.1, -0.05) is 0 Å². The third kappa shape index (κ3) is 2.82. The molecule has 0 spiro atoms. The van der Waals surface area contributed by atoms with Crippen LogP contribution in [0.5, 0.6) is 5.88 Å². The maximum Gasteiger partial charge on any atom is 0.232 e. The highest BCUT2D eigenvalue weighted by Gasteiger charge is 2.40. The van der Waals surface area contributed by atoms with E-state index in [1.165, 1.54) is 0 Å². The molecule has 1 aliphatic rings. The predicted octanol–water partition coefficient (Wildman–Crippen LogP) is 2.69. The summed E-state index contributed by atoms with van der Waals surface area (Å²) in [6.45, 7) is 6.32. The van der Waals surface area contributed by atoms with E-state index in [0.717, 1.165) is 22.4 Å². The van der Waals surface area contributed by atoms with Gasteiger partial charge < -0.3 is 20.1 Å². The molecule has 3 N–H and O–H groups in total. The van der Waals surface area contributed by atoms with Gasteiger partial charge in [0.15, 0.2) is 0 Å². The molecule has 0 unspecified atom stereocenters. The molecule has 132 valence electrons. The van der Waals surface area contributed by atoms with Crippen LogP contribution in [0.15, 0.2) is 18.5 Å². The third-order valence-corrected chi connectivity index (χ3v) is 4.65. The SMILES string of the molecule is CCOc1nc(Nc2cnn(C3CC(C)(O)C3)c2C)nc2[nH]ccc12. The van der Waals surface area contributed by atoms with Gasteiger partial charge in [0.05, 0.1) is 41.2 Å². The number of anilines is 2. The number of nitrogens with one attached hydrogen (secondary N) is 2. The summed E-state index contributed by atoms with van der Waals surface area (Å²) in [5, 5.41) is 18.5. The first-order chi connectivity index (χ1) is 12.0. The highest BCUT2D eigenvalue weighted by Crippen LogP contribution is 2.41. The first-order valence-corrected chi connectivity index (χ1v) is 8.48. The largest absolute Gasteiger partial charge is 0.477 e. The molecule has 8 nitrogen and oxygen atoms in total. The summed E-state index contributed by atoms with van der Waals surface area (Å²) in [5.74, 6) is 1.01. The van der Waals surface area contributed by atoms with Crippen LogP contribution in [0.4, 0.5) is 11.6 Å². The van der Waals surface area contributed by atoms with E-state index in [1.54, 1.807) is 6.20 Å². The molecule has 1 saturated carbocycles. The Balaban J connectivity index is 1.60. The second-order valence-corrected chi connectivity index (χ2v) is 6.80. The van der Waals surface area contributed by atoms with Crippen LogP contribution >= 0.6 is 0 Å². The summed E-state index contributed by atoms with van der Waals surface area (Å²) >= 11 is 0. The van der Waals surface area contributed by atoms with Gasteiger partial charge in [-0.05, 0) is 39.7 Å². The highest BCUT2D eigenvalue weighted by molar-refractivity contribution is 5.82. The Morgan fingerprint density at radius 1 is 1.44 bits per heavy atom. The average Bonchev–Trinajstić information content (AvgIpc) is 3.13. The lowest BCUT2D eigenvalue weighted by Crippen LogP contribution is -2.42. The van der Waals surface area contributed by atoms with Crippen LogP contribution in [-0.4, -0.2) is 42.0 Å². The second kappa shape index (κ2) is 5.73. The lowest BCUT2D eigenvalue weighted by Gasteiger charge is -2.41. The van der Waals surface area contributed by atoms with E-state index in [4.69, 9.17) is 4.74 Å². The van der Waals surface area contributed by atoms with E-state index in [9.17, 15) is 5.11 Å². The van der Waals surface area contributed by atoms with Crippen LogP contribution in [0.2, 0.25) is 0 Å². The molecule has 3 heterocycles. The fourth-order valence-electron chi connectivity index (χ4n) is 3.38. The number of aliphatic hydroxyl groups is 1.